The Morgan fingerprint density at radius 3 is 2.43 bits per heavy atom. The Kier molecular flexibility index (Phi) is 4.79. The monoisotopic (exact) mass is 286 g/mol. The number of hydrogen-bond donors (Lipinski definition) is 4. The number of anilines is 1. The molecule has 0 aliphatic rings. The van der Waals surface area contributed by atoms with E-state index < -0.39 is 5.91 Å². The largest absolute Gasteiger partial charge is 0.508 e. The minimum absolute atomic E-state index is 0.0863. The number of nitrogens with one attached hydrogen (secondary N) is 2. The third-order valence-corrected chi connectivity index (χ3v) is 3.02. The number of rotatable bonds is 5. The lowest BCUT2D eigenvalue weighted by Gasteiger charge is -2.08. The Labute approximate surface area is 123 Å². The molecule has 0 radical (unpaired) electrons. The van der Waals surface area contributed by atoms with Crippen LogP contribution in [-0.4, -0.2) is 22.7 Å². The Bertz CT molecular complexity index is 624. The minimum Gasteiger partial charge on any atom is -0.508 e. The quantitative estimate of drug-likeness (QED) is 0.680. The van der Waals surface area contributed by atoms with E-state index in [2.05, 4.69) is 10.6 Å². The van der Waals surface area contributed by atoms with Crippen molar-refractivity contribution in [2.24, 2.45) is 0 Å². The van der Waals surface area contributed by atoms with Gasteiger partial charge in [0.1, 0.15) is 11.5 Å². The first-order chi connectivity index (χ1) is 10.1. The van der Waals surface area contributed by atoms with Gasteiger partial charge in [-0.1, -0.05) is 19.1 Å². The Morgan fingerprint density at radius 2 is 1.81 bits per heavy atom. The van der Waals surface area contributed by atoms with Crippen molar-refractivity contribution in [3.63, 3.8) is 0 Å². The van der Waals surface area contributed by atoms with Gasteiger partial charge in [-0.25, -0.2) is 0 Å². The van der Waals surface area contributed by atoms with Crippen molar-refractivity contribution in [3.05, 3.63) is 53.6 Å². The normalized spacial score (nSPS) is 10.3. The van der Waals surface area contributed by atoms with Gasteiger partial charge in [0, 0.05) is 18.3 Å². The summed E-state index contributed by atoms with van der Waals surface area (Å²) >= 11 is 0. The maximum Gasteiger partial charge on any atom is 0.259 e. The van der Waals surface area contributed by atoms with Crippen molar-refractivity contribution in [2.45, 2.75) is 13.5 Å². The highest BCUT2D eigenvalue weighted by atomic mass is 16.3. The van der Waals surface area contributed by atoms with Crippen LogP contribution in [0.4, 0.5) is 5.69 Å². The Morgan fingerprint density at radius 1 is 1.10 bits per heavy atom. The Balaban J connectivity index is 2.05. The highest BCUT2D eigenvalue weighted by Crippen LogP contribution is 2.23. The molecule has 0 heterocycles. The lowest BCUT2D eigenvalue weighted by atomic mass is 10.1. The number of phenolic OH excluding ortho intramolecular Hbond substituents is 2. The van der Waals surface area contributed by atoms with Gasteiger partial charge in [0.15, 0.2) is 0 Å². The molecule has 21 heavy (non-hydrogen) atoms. The molecule has 1 amide bonds. The number of carbonyl (C=O) groups is 1. The lowest BCUT2D eigenvalue weighted by molar-refractivity contribution is 0.102. The summed E-state index contributed by atoms with van der Waals surface area (Å²) in [4.78, 5) is 12.0. The summed E-state index contributed by atoms with van der Waals surface area (Å²) in [5, 5.41) is 24.8. The fourth-order valence-corrected chi connectivity index (χ4v) is 1.89. The molecule has 2 aromatic rings. The van der Waals surface area contributed by atoms with Crippen molar-refractivity contribution in [3.8, 4) is 11.5 Å². The predicted octanol–water partition coefficient (Wildman–Crippen LogP) is 2.46. The molecule has 0 atom stereocenters. The predicted molar refractivity (Wildman–Crippen MR) is 81.5 cm³/mol. The molecule has 5 heteroatoms. The number of phenols is 2. The molecule has 0 aliphatic heterocycles. The van der Waals surface area contributed by atoms with E-state index in [0.29, 0.717) is 5.69 Å². The van der Waals surface area contributed by atoms with Crippen LogP contribution < -0.4 is 10.6 Å². The molecule has 0 aliphatic carbocycles. The third kappa shape index (κ3) is 3.97. The molecule has 0 unspecified atom stereocenters. The summed E-state index contributed by atoms with van der Waals surface area (Å²) < 4.78 is 0. The van der Waals surface area contributed by atoms with Gasteiger partial charge in [-0.3, -0.25) is 4.79 Å². The molecule has 0 saturated carbocycles. The van der Waals surface area contributed by atoms with Crippen molar-refractivity contribution >= 4 is 11.6 Å². The van der Waals surface area contributed by atoms with Gasteiger partial charge < -0.3 is 20.8 Å². The number of aromatic hydroxyl groups is 2. The van der Waals surface area contributed by atoms with Crippen LogP contribution in [0.1, 0.15) is 22.8 Å². The molecule has 0 saturated heterocycles. The summed E-state index contributed by atoms with van der Waals surface area (Å²) in [6.07, 6.45) is 0. The van der Waals surface area contributed by atoms with E-state index in [1.54, 1.807) is 0 Å². The zero-order valence-electron chi connectivity index (χ0n) is 11.8. The van der Waals surface area contributed by atoms with Crippen LogP contribution in [0.3, 0.4) is 0 Å². The maximum absolute atomic E-state index is 12.0. The molecule has 4 N–H and O–H groups in total. The summed E-state index contributed by atoms with van der Waals surface area (Å²) in [7, 11) is 0. The van der Waals surface area contributed by atoms with Gasteiger partial charge in [-0.15, -0.1) is 0 Å². The molecule has 2 aromatic carbocycles. The van der Waals surface area contributed by atoms with Crippen molar-refractivity contribution < 1.29 is 15.0 Å². The van der Waals surface area contributed by atoms with E-state index in [1.807, 2.05) is 31.2 Å². The first-order valence-corrected chi connectivity index (χ1v) is 6.73. The lowest BCUT2D eigenvalue weighted by Crippen LogP contribution is -2.13. The average molecular weight is 286 g/mol. The molecule has 5 nitrogen and oxygen atoms in total. The summed E-state index contributed by atoms with van der Waals surface area (Å²) in [5.41, 5.74) is 1.89. The van der Waals surface area contributed by atoms with E-state index in [-0.39, 0.29) is 17.1 Å². The molecule has 0 bridgehead atoms. The van der Waals surface area contributed by atoms with E-state index in [9.17, 15) is 15.0 Å². The molecule has 0 aromatic heterocycles. The fraction of sp³-hybridized carbons (Fsp3) is 0.188. The topological polar surface area (TPSA) is 81.6 Å². The van der Waals surface area contributed by atoms with Crippen molar-refractivity contribution in [1.29, 1.82) is 0 Å². The minimum atomic E-state index is -0.424. The molecule has 110 valence electrons. The number of amides is 1. The molecular weight excluding hydrogens is 268 g/mol. The zero-order chi connectivity index (χ0) is 15.2. The van der Waals surface area contributed by atoms with Gasteiger partial charge in [0.2, 0.25) is 0 Å². The highest BCUT2D eigenvalue weighted by molar-refractivity contribution is 6.06. The first kappa shape index (κ1) is 14.9. The summed E-state index contributed by atoms with van der Waals surface area (Å²) in [5.74, 6) is -0.764. The van der Waals surface area contributed by atoms with Crippen LogP contribution in [0, 0.1) is 0 Å². The van der Waals surface area contributed by atoms with Crippen LogP contribution >= 0.6 is 0 Å². The number of hydrogen-bond acceptors (Lipinski definition) is 4. The van der Waals surface area contributed by atoms with E-state index in [0.717, 1.165) is 24.7 Å². The number of benzene rings is 2. The second-order valence-electron chi connectivity index (χ2n) is 4.63. The van der Waals surface area contributed by atoms with Crippen LogP contribution in [0.15, 0.2) is 42.5 Å². The smallest absolute Gasteiger partial charge is 0.259 e. The van der Waals surface area contributed by atoms with Crippen LogP contribution in [0.25, 0.3) is 0 Å². The van der Waals surface area contributed by atoms with Gasteiger partial charge in [-0.05, 0) is 36.4 Å². The second kappa shape index (κ2) is 6.76. The van der Waals surface area contributed by atoms with Crippen molar-refractivity contribution in [2.75, 3.05) is 11.9 Å². The van der Waals surface area contributed by atoms with Crippen LogP contribution in [0.2, 0.25) is 0 Å². The maximum atomic E-state index is 12.0. The third-order valence-electron chi connectivity index (χ3n) is 3.02. The van der Waals surface area contributed by atoms with Gasteiger partial charge in [-0.2, -0.15) is 0 Å². The van der Waals surface area contributed by atoms with E-state index in [4.69, 9.17) is 0 Å². The zero-order valence-corrected chi connectivity index (χ0v) is 11.8. The fourth-order valence-electron chi connectivity index (χ4n) is 1.89. The van der Waals surface area contributed by atoms with Crippen LogP contribution in [0.5, 0.6) is 11.5 Å². The SMILES string of the molecule is CCNCc1ccc(NC(=O)c2ccc(O)cc2O)cc1. The molecule has 0 fully saturated rings. The summed E-state index contributed by atoms with van der Waals surface area (Å²) in [6, 6.07) is 11.3. The standard InChI is InChI=1S/C16H18N2O3/c1-2-17-10-11-3-5-12(6-4-11)18-16(21)14-8-7-13(19)9-15(14)20/h3-9,17,19-20H,2,10H2,1H3,(H,18,21). The number of carbonyl (C=O) groups excluding carboxylic acids is 1. The molecule has 2 rings (SSSR count). The van der Waals surface area contributed by atoms with Gasteiger partial charge in [0.25, 0.3) is 5.91 Å². The molecular formula is C16H18N2O3. The van der Waals surface area contributed by atoms with E-state index >= 15 is 0 Å². The van der Waals surface area contributed by atoms with Crippen LogP contribution in [-0.2, 0) is 6.54 Å². The summed E-state index contributed by atoms with van der Waals surface area (Å²) in [6.45, 7) is 3.72. The second-order valence-corrected chi connectivity index (χ2v) is 4.63. The Hall–Kier alpha value is -2.53. The van der Waals surface area contributed by atoms with Gasteiger partial charge >= 0.3 is 0 Å². The average Bonchev–Trinajstić information content (AvgIpc) is 2.46. The molecule has 0 spiro atoms. The van der Waals surface area contributed by atoms with Gasteiger partial charge in [0.05, 0.1) is 5.56 Å². The first-order valence-electron chi connectivity index (χ1n) is 6.73. The van der Waals surface area contributed by atoms with E-state index in [1.165, 1.54) is 12.1 Å². The van der Waals surface area contributed by atoms with Crippen molar-refractivity contribution in [1.82, 2.24) is 5.32 Å². The highest BCUT2D eigenvalue weighted by Gasteiger charge is 2.11.